The van der Waals surface area contributed by atoms with Gasteiger partial charge in [-0.15, -0.1) is 0 Å². The molecule has 0 aliphatic heterocycles. The molecule has 0 atom stereocenters. The van der Waals surface area contributed by atoms with Crippen LogP contribution >= 0.6 is 0 Å². The first-order valence-corrected chi connectivity index (χ1v) is 6.16. The van der Waals surface area contributed by atoms with Crippen molar-refractivity contribution in [2.45, 2.75) is 20.0 Å². The molecule has 110 valence electrons. The fourth-order valence-corrected chi connectivity index (χ4v) is 1.50. The maximum Gasteiger partial charge on any atom is 0.371 e. The van der Waals surface area contributed by atoms with E-state index in [1.165, 1.54) is 12.1 Å². The Morgan fingerprint density at radius 3 is 2.57 bits per heavy atom. The number of furan rings is 1. The Bertz CT molecular complexity index is 636. The van der Waals surface area contributed by atoms with E-state index in [0.29, 0.717) is 11.5 Å². The zero-order valence-corrected chi connectivity index (χ0v) is 11.3. The molecule has 0 saturated heterocycles. The number of nitrogens with zero attached hydrogens (tertiary/aromatic N) is 2. The van der Waals surface area contributed by atoms with Crippen molar-refractivity contribution >= 4 is 12.0 Å². The number of hydrogen-bond donors (Lipinski definition) is 3. The van der Waals surface area contributed by atoms with Gasteiger partial charge in [0.15, 0.2) is 0 Å². The molecular formula is C13H14N4O4. The second-order valence-electron chi connectivity index (χ2n) is 4.26. The Labute approximate surface area is 120 Å². The van der Waals surface area contributed by atoms with E-state index in [0.717, 1.165) is 5.69 Å². The summed E-state index contributed by atoms with van der Waals surface area (Å²) in [6.45, 7) is 2.17. The summed E-state index contributed by atoms with van der Waals surface area (Å²) in [5.74, 6) is -0.955. The van der Waals surface area contributed by atoms with Crippen LogP contribution in [-0.2, 0) is 13.1 Å². The van der Waals surface area contributed by atoms with Crippen molar-refractivity contribution in [2.75, 3.05) is 0 Å². The Morgan fingerprint density at radius 1 is 1.19 bits per heavy atom. The molecule has 2 heterocycles. The van der Waals surface area contributed by atoms with Gasteiger partial charge in [0.2, 0.25) is 5.76 Å². The van der Waals surface area contributed by atoms with Crippen LogP contribution in [0.4, 0.5) is 4.79 Å². The van der Waals surface area contributed by atoms with E-state index in [1.807, 2.05) is 6.92 Å². The van der Waals surface area contributed by atoms with Gasteiger partial charge in [-0.25, -0.2) is 9.59 Å². The predicted octanol–water partition coefficient (Wildman–Crippen LogP) is 1.08. The summed E-state index contributed by atoms with van der Waals surface area (Å²) < 4.78 is 5.01. The second-order valence-corrected chi connectivity index (χ2v) is 4.26. The number of carboxylic acids is 1. The second kappa shape index (κ2) is 6.51. The number of carboxylic acid groups (broad SMARTS) is 1. The van der Waals surface area contributed by atoms with Crippen molar-refractivity contribution in [3.8, 4) is 0 Å². The third-order valence-electron chi connectivity index (χ3n) is 2.56. The molecule has 8 nitrogen and oxygen atoms in total. The van der Waals surface area contributed by atoms with Crippen LogP contribution in [0.5, 0.6) is 0 Å². The largest absolute Gasteiger partial charge is 0.475 e. The quantitative estimate of drug-likeness (QED) is 0.758. The highest BCUT2D eigenvalue weighted by Gasteiger charge is 2.09. The van der Waals surface area contributed by atoms with Crippen LogP contribution in [0.2, 0.25) is 0 Å². The third kappa shape index (κ3) is 4.30. The number of nitrogens with one attached hydrogen (secondary N) is 2. The van der Waals surface area contributed by atoms with Crippen LogP contribution in [0.3, 0.4) is 0 Å². The first-order valence-electron chi connectivity index (χ1n) is 6.16. The summed E-state index contributed by atoms with van der Waals surface area (Å²) in [6, 6.07) is 2.42. The van der Waals surface area contributed by atoms with Crippen LogP contribution in [0.25, 0.3) is 0 Å². The van der Waals surface area contributed by atoms with E-state index in [9.17, 15) is 9.59 Å². The summed E-state index contributed by atoms with van der Waals surface area (Å²) >= 11 is 0. The van der Waals surface area contributed by atoms with E-state index in [2.05, 4.69) is 20.6 Å². The first-order chi connectivity index (χ1) is 10.0. The SMILES string of the molecule is Cc1cnc(CNC(=O)NCc2ccc(C(=O)O)o2)cn1. The molecule has 0 aliphatic carbocycles. The number of urea groups is 1. The molecule has 0 unspecified atom stereocenters. The fraction of sp³-hybridized carbons (Fsp3) is 0.231. The van der Waals surface area contributed by atoms with Crippen LogP contribution in [0.1, 0.15) is 27.7 Å². The van der Waals surface area contributed by atoms with Gasteiger partial charge in [0.25, 0.3) is 0 Å². The molecule has 21 heavy (non-hydrogen) atoms. The molecule has 2 aromatic heterocycles. The van der Waals surface area contributed by atoms with Gasteiger partial charge in [-0.2, -0.15) is 0 Å². The lowest BCUT2D eigenvalue weighted by Crippen LogP contribution is -2.34. The molecular weight excluding hydrogens is 276 g/mol. The number of amides is 2. The maximum absolute atomic E-state index is 11.6. The fourth-order valence-electron chi connectivity index (χ4n) is 1.50. The van der Waals surface area contributed by atoms with Gasteiger partial charge in [0.05, 0.1) is 30.7 Å². The third-order valence-corrected chi connectivity index (χ3v) is 2.56. The number of aryl methyl sites for hydroxylation is 1. The van der Waals surface area contributed by atoms with E-state index in [1.54, 1.807) is 12.4 Å². The average molecular weight is 290 g/mol. The molecule has 0 radical (unpaired) electrons. The number of carbonyl (C=O) groups excluding carboxylic acids is 1. The van der Waals surface area contributed by atoms with Crippen LogP contribution < -0.4 is 10.6 Å². The lowest BCUT2D eigenvalue weighted by Gasteiger charge is -2.06. The number of rotatable bonds is 5. The van der Waals surface area contributed by atoms with Gasteiger partial charge in [-0.3, -0.25) is 9.97 Å². The van der Waals surface area contributed by atoms with Crippen LogP contribution in [-0.4, -0.2) is 27.1 Å². The Morgan fingerprint density at radius 2 is 1.95 bits per heavy atom. The zero-order chi connectivity index (χ0) is 15.2. The van der Waals surface area contributed by atoms with Gasteiger partial charge >= 0.3 is 12.0 Å². The first kappa shape index (κ1) is 14.5. The molecule has 8 heteroatoms. The standard InChI is InChI=1S/C13H14N4O4/c1-8-4-15-9(5-14-8)6-16-13(20)17-7-10-2-3-11(21-10)12(18)19/h2-5H,6-7H2,1H3,(H,18,19)(H2,16,17,20). The van der Waals surface area contributed by atoms with Crippen molar-refractivity contribution < 1.29 is 19.1 Å². The smallest absolute Gasteiger partial charge is 0.371 e. The van der Waals surface area contributed by atoms with E-state index >= 15 is 0 Å². The minimum atomic E-state index is -1.15. The van der Waals surface area contributed by atoms with Gasteiger partial charge in [-0.1, -0.05) is 0 Å². The minimum Gasteiger partial charge on any atom is -0.475 e. The number of carbonyl (C=O) groups is 2. The average Bonchev–Trinajstić information content (AvgIpc) is 2.93. The topological polar surface area (TPSA) is 117 Å². The van der Waals surface area contributed by atoms with Gasteiger partial charge < -0.3 is 20.2 Å². The molecule has 0 aromatic carbocycles. The maximum atomic E-state index is 11.6. The number of aromatic carboxylic acids is 1. The Balaban J connectivity index is 1.76. The van der Waals surface area contributed by atoms with Crippen molar-refractivity contribution in [3.63, 3.8) is 0 Å². The summed E-state index contributed by atoms with van der Waals surface area (Å²) in [6.07, 6.45) is 3.20. The molecule has 0 bridgehead atoms. The van der Waals surface area contributed by atoms with Crippen molar-refractivity contribution in [3.05, 3.63) is 47.4 Å². The van der Waals surface area contributed by atoms with Gasteiger partial charge in [-0.05, 0) is 19.1 Å². The van der Waals surface area contributed by atoms with E-state index < -0.39 is 12.0 Å². The Hall–Kier alpha value is -2.90. The summed E-state index contributed by atoms with van der Waals surface area (Å²) in [4.78, 5) is 30.4. The van der Waals surface area contributed by atoms with E-state index in [4.69, 9.17) is 9.52 Å². The van der Waals surface area contributed by atoms with Crippen molar-refractivity contribution in [1.82, 2.24) is 20.6 Å². The minimum absolute atomic E-state index is 0.0959. The molecule has 0 saturated carbocycles. The molecule has 0 aliphatic rings. The monoisotopic (exact) mass is 290 g/mol. The molecule has 0 spiro atoms. The normalized spacial score (nSPS) is 10.1. The van der Waals surface area contributed by atoms with Crippen molar-refractivity contribution in [2.24, 2.45) is 0 Å². The zero-order valence-electron chi connectivity index (χ0n) is 11.3. The van der Waals surface area contributed by atoms with Crippen LogP contribution in [0, 0.1) is 6.92 Å². The number of hydrogen-bond acceptors (Lipinski definition) is 5. The van der Waals surface area contributed by atoms with Gasteiger partial charge in [0.1, 0.15) is 5.76 Å². The highest BCUT2D eigenvalue weighted by molar-refractivity contribution is 5.84. The summed E-state index contributed by atoms with van der Waals surface area (Å²) in [7, 11) is 0. The van der Waals surface area contributed by atoms with Gasteiger partial charge in [0, 0.05) is 6.20 Å². The lowest BCUT2D eigenvalue weighted by molar-refractivity contribution is 0.0660. The summed E-state index contributed by atoms with van der Waals surface area (Å²) in [5.41, 5.74) is 1.44. The molecule has 2 aromatic rings. The highest BCUT2D eigenvalue weighted by Crippen LogP contribution is 2.07. The molecule has 3 N–H and O–H groups in total. The highest BCUT2D eigenvalue weighted by atomic mass is 16.4. The molecule has 2 rings (SSSR count). The lowest BCUT2D eigenvalue weighted by atomic mass is 10.4. The van der Waals surface area contributed by atoms with E-state index in [-0.39, 0.29) is 18.8 Å². The predicted molar refractivity (Wildman–Crippen MR) is 71.5 cm³/mol. The molecule has 0 fully saturated rings. The van der Waals surface area contributed by atoms with Crippen molar-refractivity contribution in [1.29, 1.82) is 0 Å². The van der Waals surface area contributed by atoms with Crippen LogP contribution in [0.15, 0.2) is 28.9 Å². The number of aromatic nitrogens is 2. The Kier molecular flexibility index (Phi) is 4.50. The molecule has 2 amide bonds. The summed E-state index contributed by atoms with van der Waals surface area (Å²) in [5, 5.41) is 13.9.